The van der Waals surface area contributed by atoms with E-state index in [9.17, 15) is 10.1 Å². The SMILES string of the molecule is CS(=O)(=O)[O-].Cc1ncc([N+](=O)[O-])n1CC[n+]1ccccc1. The highest BCUT2D eigenvalue weighted by Crippen LogP contribution is 2.12. The van der Waals surface area contributed by atoms with Crippen LogP contribution in [0.1, 0.15) is 5.82 Å². The molecule has 0 aliphatic rings. The van der Waals surface area contributed by atoms with Crippen LogP contribution in [-0.4, -0.2) is 33.7 Å². The maximum atomic E-state index is 10.8. The molecule has 0 unspecified atom stereocenters. The van der Waals surface area contributed by atoms with Crippen molar-refractivity contribution in [3.63, 3.8) is 0 Å². The van der Waals surface area contributed by atoms with Gasteiger partial charge in [-0.3, -0.25) is 0 Å². The zero-order valence-electron chi connectivity index (χ0n) is 12.1. The van der Waals surface area contributed by atoms with Crippen LogP contribution in [0, 0.1) is 17.0 Å². The molecule has 0 atom stereocenters. The number of hydrogen-bond donors (Lipinski definition) is 0. The second kappa shape index (κ2) is 7.61. The fraction of sp³-hybridized carbons (Fsp3) is 0.333. The Morgan fingerprint density at radius 1 is 1.32 bits per heavy atom. The summed E-state index contributed by atoms with van der Waals surface area (Å²) in [6, 6.07) is 5.78. The Morgan fingerprint density at radius 2 is 1.86 bits per heavy atom. The Labute approximate surface area is 127 Å². The summed E-state index contributed by atoms with van der Waals surface area (Å²) in [5, 5.41) is 10.8. The molecule has 2 aromatic rings. The minimum Gasteiger partial charge on any atom is -0.748 e. The normalized spacial score (nSPS) is 10.7. The van der Waals surface area contributed by atoms with Gasteiger partial charge in [0.05, 0.1) is 10.1 Å². The summed E-state index contributed by atoms with van der Waals surface area (Å²) in [4.78, 5) is 14.3. The van der Waals surface area contributed by atoms with E-state index in [-0.39, 0.29) is 5.82 Å². The highest BCUT2D eigenvalue weighted by molar-refractivity contribution is 7.84. The van der Waals surface area contributed by atoms with Crippen LogP contribution in [0.15, 0.2) is 36.8 Å². The first-order valence-corrected chi connectivity index (χ1v) is 8.01. The number of hydrogen-bond acceptors (Lipinski definition) is 6. The second-order valence-corrected chi connectivity index (χ2v) is 5.80. The van der Waals surface area contributed by atoms with Crippen molar-refractivity contribution in [3.8, 4) is 0 Å². The third-order valence-corrected chi connectivity index (χ3v) is 2.58. The van der Waals surface area contributed by atoms with Gasteiger partial charge in [-0.15, -0.1) is 0 Å². The van der Waals surface area contributed by atoms with Gasteiger partial charge in [0.15, 0.2) is 31.3 Å². The third-order valence-electron chi connectivity index (χ3n) is 2.58. The molecular formula is C12H16N4O5S. The lowest BCUT2D eigenvalue weighted by atomic mass is 10.4. The Bertz CT molecular complexity index is 719. The summed E-state index contributed by atoms with van der Waals surface area (Å²) < 4.78 is 30.8. The van der Waals surface area contributed by atoms with Crippen LogP contribution in [0.5, 0.6) is 0 Å². The number of aryl methyl sites for hydroxylation is 2. The molecule has 0 bridgehead atoms. The molecule has 0 aliphatic heterocycles. The first-order chi connectivity index (χ1) is 10.2. The summed E-state index contributed by atoms with van der Waals surface area (Å²) in [6.45, 7) is 2.98. The van der Waals surface area contributed by atoms with Crippen molar-refractivity contribution < 1.29 is 22.5 Å². The predicted molar refractivity (Wildman–Crippen MR) is 75.9 cm³/mol. The molecule has 0 N–H and O–H groups in total. The number of pyridine rings is 1. The van der Waals surface area contributed by atoms with Crippen molar-refractivity contribution in [1.82, 2.24) is 9.55 Å². The lowest BCUT2D eigenvalue weighted by Gasteiger charge is -2.00. The molecule has 0 spiro atoms. The van der Waals surface area contributed by atoms with Gasteiger partial charge in [-0.2, -0.15) is 0 Å². The fourth-order valence-corrected chi connectivity index (χ4v) is 1.68. The van der Waals surface area contributed by atoms with Gasteiger partial charge in [-0.1, -0.05) is 6.07 Å². The molecule has 0 aromatic carbocycles. The van der Waals surface area contributed by atoms with Crippen molar-refractivity contribution in [3.05, 3.63) is 52.7 Å². The monoisotopic (exact) mass is 328 g/mol. The van der Waals surface area contributed by atoms with Crippen molar-refractivity contribution in [2.75, 3.05) is 6.26 Å². The summed E-state index contributed by atoms with van der Waals surface area (Å²) >= 11 is 0. The first-order valence-electron chi connectivity index (χ1n) is 6.20. The van der Waals surface area contributed by atoms with Gasteiger partial charge in [0, 0.05) is 25.3 Å². The van der Waals surface area contributed by atoms with Crippen molar-refractivity contribution >= 4 is 15.9 Å². The molecule has 120 valence electrons. The standard InChI is InChI=1S/C11H13N4O2.CH4O3S/c1-10-12-9-11(15(16)17)14(10)8-7-13-5-3-2-4-6-13;1-5(2,3)4/h2-6,9H,7-8H2,1H3;1H3,(H,2,3,4)/q+1;/p-1. The van der Waals surface area contributed by atoms with Gasteiger partial charge < -0.3 is 14.7 Å². The molecule has 0 saturated heterocycles. The number of nitrogens with zero attached hydrogens (tertiary/aromatic N) is 4. The molecule has 22 heavy (non-hydrogen) atoms. The average Bonchev–Trinajstić information content (AvgIpc) is 2.77. The summed E-state index contributed by atoms with van der Waals surface area (Å²) in [5.41, 5.74) is 0. The Morgan fingerprint density at radius 3 is 2.36 bits per heavy atom. The maximum absolute atomic E-state index is 10.8. The summed E-state index contributed by atoms with van der Waals surface area (Å²) in [5.74, 6) is 0.701. The van der Waals surface area contributed by atoms with E-state index in [1.807, 2.05) is 35.2 Å². The van der Waals surface area contributed by atoms with Crippen molar-refractivity contribution in [2.24, 2.45) is 0 Å². The molecule has 9 nitrogen and oxygen atoms in total. The highest BCUT2D eigenvalue weighted by Gasteiger charge is 2.18. The fourth-order valence-electron chi connectivity index (χ4n) is 1.68. The van der Waals surface area contributed by atoms with Crippen molar-refractivity contribution in [1.29, 1.82) is 0 Å². The van der Waals surface area contributed by atoms with E-state index >= 15 is 0 Å². The van der Waals surface area contributed by atoms with Gasteiger partial charge in [-0.25, -0.2) is 22.5 Å². The Kier molecular flexibility index (Phi) is 6.13. The van der Waals surface area contributed by atoms with Crippen LogP contribution in [0.2, 0.25) is 0 Å². The molecule has 2 heterocycles. The quantitative estimate of drug-likeness (QED) is 0.343. The van der Waals surface area contributed by atoms with E-state index in [4.69, 9.17) is 13.0 Å². The van der Waals surface area contributed by atoms with E-state index < -0.39 is 15.0 Å². The Hall–Kier alpha value is -2.33. The second-order valence-electron chi connectivity index (χ2n) is 4.39. The molecule has 10 heteroatoms. The minimum atomic E-state index is -3.92. The summed E-state index contributed by atoms with van der Waals surface area (Å²) in [7, 11) is -3.92. The number of rotatable bonds is 4. The number of nitro groups is 1. The molecule has 0 saturated carbocycles. The van der Waals surface area contributed by atoms with E-state index in [2.05, 4.69) is 4.98 Å². The number of aromatic nitrogens is 3. The zero-order valence-corrected chi connectivity index (χ0v) is 12.9. The van der Waals surface area contributed by atoms with Crippen LogP contribution in [0.25, 0.3) is 0 Å². The van der Waals surface area contributed by atoms with E-state index in [0.717, 1.165) is 0 Å². The van der Waals surface area contributed by atoms with Crippen LogP contribution in [-0.2, 0) is 23.2 Å². The lowest BCUT2D eigenvalue weighted by Crippen LogP contribution is -2.34. The van der Waals surface area contributed by atoms with E-state index in [0.29, 0.717) is 25.2 Å². The summed E-state index contributed by atoms with van der Waals surface area (Å²) in [6.07, 6.45) is 5.76. The van der Waals surface area contributed by atoms with Gasteiger partial charge in [0.25, 0.3) is 0 Å². The van der Waals surface area contributed by atoms with E-state index in [1.54, 1.807) is 11.5 Å². The average molecular weight is 328 g/mol. The largest absolute Gasteiger partial charge is 0.748 e. The van der Waals surface area contributed by atoms with Gasteiger partial charge in [0.1, 0.15) is 6.20 Å². The molecule has 2 rings (SSSR count). The molecule has 2 aromatic heterocycles. The molecule has 0 amide bonds. The van der Waals surface area contributed by atoms with Crippen LogP contribution < -0.4 is 4.57 Å². The van der Waals surface area contributed by atoms with Crippen molar-refractivity contribution in [2.45, 2.75) is 20.0 Å². The predicted octanol–water partition coefficient (Wildman–Crippen LogP) is 0.249. The van der Waals surface area contributed by atoms with Crippen LogP contribution >= 0.6 is 0 Å². The van der Waals surface area contributed by atoms with E-state index in [1.165, 1.54) is 6.20 Å². The minimum absolute atomic E-state index is 0.0408. The highest BCUT2D eigenvalue weighted by atomic mass is 32.2. The first kappa shape index (κ1) is 17.7. The molecular weight excluding hydrogens is 312 g/mol. The van der Waals surface area contributed by atoms with Crippen LogP contribution in [0.4, 0.5) is 5.82 Å². The van der Waals surface area contributed by atoms with Gasteiger partial charge in [0.2, 0.25) is 0 Å². The topological polar surface area (TPSA) is 122 Å². The number of imidazole rings is 1. The van der Waals surface area contributed by atoms with Gasteiger partial charge in [-0.05, 0) is 4.92 Å². The van der Waals surface area contributed by atoms with Gasteiger partial charge >= 0.3 is 5.82 Å². The molecule has 0 fully saturated rings. The maximum Gasteiger partial charge on any atom is 0.343 e. The lowest BCUT2D eigenvalue weighted by molar-refractivity contribution is -0.698. The molecule has 0 aliphatic carbocycles. The Balaban J connectivity index is 0.000000422. The third kappa shape index (κ3) is 6.41. The zero-order chi connectivity index (χ0) is 16.8. The smallest absolute Gasteiger partial charge is 0.343 e. The molecule has 0 radical (unpaired) electrons. The van der Waals surface area contributed by atoms with Crippen LogP contribution in [0.3, 0.4) is 0 Å².